The number of benzene rings is 1. The van der Waals surface area contributed by atoms with Gasteiger partial charge in [0.25, 0.3) is 0 Å². The lowest BCUT2D eigenvalue weighted by Gasteiger charge is -2.19. The van der Waals surface area contributed by atoms with Crippen molar-refractivity contribution in [3.63, 3.8) is 0 Å². The highest BCUT2D eigenvalue weighted by molar-refractivity contribution is 6.31. The highest BCUT2D eigenvalue weighted by Gasteiger charge is 2.15. The van der Waals surface area contributed by atoms with Gasteiger partial charge in [-0.1, -0.05) is 29.8 Å². The van der Waals surface area contributed by atoms with E-state index >= 15 is 0 Å². The maximum absolute atomic E-state index is 11.6. The van der Waals surface area contributed by atoms with Crippen LogP contribution < -0.4 is 16.0 Å². The van der Waals surface area contributed by atoms with Crippen LogP contribution in [0.3, 0.4) is 0 Å². The van der Waals surface area contributed by atoms with Crippen LogP contribution in [0.1, 0.15) is 45.8 Å². The van der Waals surface area contributed by atoms with E-state index in [1.807, 2.05) is 39.8 Å². The number of amides is 1. The molecule has 0 heterocycles. The summed E-state index contributed by atoms with van der Waals surface area (Å²) in [5, 5.41) is 19.8. The molecule has 0 saturated carbocycles. The number of ether oxygens (including phenoxy) is 1. The van der Waals surface area contributed by atoms with Crippen molar-refractivity contribution in [2.45, 2.75) is 45.8 Å². The third-order valence-electron chi connectivity index (χ3n) is 3.35. The first-order chi connectivity index (χ1) is 12.7. The number of carbonyl (C=O) groups excluding carboxylic acids is 1. The third kappa shape index (κ3) is 10.1. The van der Waals surface area contributed by atoms with Crippen molar-refractivity contribution < 1.29 is 14.6 Å². The molecule has 1 atom stereocenters. The van der Waals surface area contributed by atoms with Crippen LogP contribution in [0.2, 0.25) is 5.02 Å². The summed E-state index contributed by atoms with van der Waals surface area (Å²) in [5.41, 5.74) is 0.149. The first-order valence-electron chi connectivity index (χ1n) is 9.14. The lowest BCUT2D eigenvalue weighted by Crippen LogP contribution is -2.39. The second-order valence-electron chi connectivity index (χ2n) is 6.97. The number of halogens is 1. The average molecular weight is 399 g/mol. The molecule has 0 fully saturated rings. The number of alkyl carbamates (subject to hydrolysis) is 1. The third-order valence-corrected chi connectivity index (χ3v) is 3.69. The Labute approximate surface area is 166 Å². The van der Waals surface area contributed by atoms with Crippen molar-refractivity contribution in [2.75, 3.05) is 26.2 Å². The summed E-state index contributed by atoms with van der Waals surface area (Å²) in [4.78, 5) is 16.0. The Morgan fingerprint density at radius 3 is 2.52 bits per heavy atom. The normalized spacial score (nSPS) is 13.0. The quantitative estimate of drug-likeness (QED) is 0.307. The van der Waals surface area contributed by atoms with Gasteiger partial charge in [0.05, 0.1) is 6.54 Å². The molecule has 1 rings (SSSR count). The molecule has 7 nitrogen and oxygen atoms in total. The minimum atomic E-state index is -0.775. The van der Waals surface area contributed by atoms with Gasteiger partial charge >= 0.3 is 6.09 Å². The molecule has 1 aromatic carbocycles. The van der Waals surface area contributed by atoms with Crippen molar-refractivity contribution in [3.8, 4) is 0 Å². The van der Waals surface area contributed by atoms with E-state index < -0.39 is 17.8 Å². The van der Waals surface area contributed by atoms with Gasteiger partial charge in [0.1, 0.15) is 11.7 Å². The minimum absolute atomic E-state index is 0.190. The zero-order chi connectivity index (χ0) is 20.3. The van der Waals surface area contributed by atoms with Crippen LogP contribution in [-0.2, 0) is 4.74 Å². The van der Waals surface area contributed by atoms with Gasteiger partial charge in [0.15, 0.2) is 5.96 Å². The summed E-state index contributed by atoms with van der Waals surface area (Å²) in [6.07, 6.45) is -0.495. The molecule has 0 saturated heterocycles. The molecular weight excluding hydrogens is 368 g/mol. The predicted octanol–water partition coefficient (Wildman–Crippen LogP) is 2.84. The van der Waals surface area contributed by atoms with Crippen molar-refractivity contribution in [1.29, 1.82) is 0 Å². The molecule has 0 aliphatic carbocycles. The largest absolute Gasteiger partial charge is 0.444 e. The van der Waals surface area contributed by atoms with Crippen LogP contribution >= 0.6 is 11.6 Å². The van der Waals surface area contributed by atoms with E-state index in [-0.39, 0.29) is 6.54 Å². The number of hydrogen-bond donors (Lipinski definition) is 4. The van der Waals surface area contributed by atoms with E-state index in [0.29, 0.717) is 42.6 Å². The molecule has 1 unspecified atom stereocenters. The average Bonchev–Trinajstić information content (AvgIpc) is 2.57. The number of aliphatic hydroxyl groups is 1. The molecule has 4 N–H and O–H groups in total. The smallest absolute Gasteiger partial charge is 0.407 e. The van der Waals surface area contributed by atoms with E-state index in [4.69, 9.17) is 16.3 Å². The number of carbonyl (C=O) groups is 1. The first kappa shape index (κ1) is 23.0. The molecule has 0 bridgehead atoms. The number of hydrogen-bond acceptors (Lipinski definition) is 4. The van der Waals surface area contributed by atoms with Crippen LogP contribution in [0.4, 0.5) is 4.79 Å². The molecule has 0 aliphatic rings. The Hall–Kier alpha value is -1.99. The number of nitrogens with one attached hydrogen (secondary N) is 3. The van der Waals surface area contributed by atoms with Crippen molar-refractivity contribution in [2.24, 2.45) is 4.99 Å². The Kier molecular flexibility index (Phi) is 9.96. The Balaban J connectivity index is 2.39. The van der Waals surface area contributed by atoms with E-state index in [2.05, 4.69) is 20.9 Å². The van der Waals surface area contributed by atoms with E-state index in [1.165, 1.54) is 0 Å². The first-order valence-corrected chi connectivity index (χ1v) is 9.52. The van der Waals surface area contributed by atoms with Gasteiger partial charge in [0.2, 0.25) is 0 Å². The fourth-order valence-corrected chi connectivity index (χ4v) is 2.42. The second-order valence-corrected chi connectivity index (χ2v) is 7.37. The Morgan fingerprint density at radius 2 is 1.89 bits per heavy atom. The molecule has 0 aromatic heterocycles. The summed E-state index contributed by atoms with van der Waals surface area (Å²) < 4.78 is 5.18. The number of rotatable bonds is 8. The summed E-state index contributed by atoms with van der Waals surface area (Å²) in [6.45, 7) is 9.43. The van der Waals surface area contributed by atoms with Gasteiger partial charge in [-0.25, -0.2) is 4.79 Å². The summed E-state index contributed by atoms with van der Waals surface area (Å²) in [6, 6.07) is 7.17. The maximum atomic E-state index is 11.6. The zero-order valence-corrected chi connectivity index (χ0v) is 17.3. The predicted molar refractivity (Wildman–Crippen MR) is 109 cm³/mol. The summed E-state index contributed by atoms with van der Waals surface area (Å²) >= 11 is 6.10. The van der Waals surface area contributed by atoms with Crippen LogP contribution in [0.25, 0.3) is 0 Å². The van der Waals surface area contributed by atoms with E-state index in [0.717, 1.165) is 0 Å². The topological polar surface area (TPSA) is 95.0 Å². The molecule has 27 heavy (non-hydrogen) atoms. The maximum Gasteiger partial charge on any atom is 0.407 e. The van der Waals surface area contributed by atoms with E-state index in [1.54, 1.807) is 12.1 Å². The van der Waals surface area contributed by atoms with Crippen molar-refractivity contribution in [3.05, 3.63) is 34.9 Å². The fourth-order valence-electron chi connectivity index (χ4n) is 2.16. The number of aliphatic hydroxyl groups excluding tert-OH is 1. The monoisotopic (exact) mass is 398 g/mol. The van der Waals surface area contributed by atoms with Gasteiger partial charge in [0, 0.05) is 30.2 Å². The number of guanidine groups is 1. The fraction of sp³-hybridized carbons (Fsp3) is 0.579. The van der Waals surface area contributed by atoms with Crippen LogP contribution in [0, 0.1) is 0 Å². The zero-order valence-electron chi connectivity index (χ0n) is 16.5. The van der Waals surface area contributed by atoms with Crippen molar-refractivity contribution >= 4 is 23.7 Å². The Bertz CT molecular complexity index is 617. The molecule has 8 heteroatoms. The minimum Gasteiger partial charge on any atom is -0.444 e. The van der Waals surface area contributed by atoms with Gasteiger partial charge in [-0.2, -0.15) is 0 Å². The van der Waals surface area contributed by atoms with Crippen LogP contribution in [0.5, 0.6) is 0 Å². The number of aliphatic imine (C=N–C) groups is 1. The second kappa shape index (κ2) is 11.7. The highest BCUT2D eigenvalue weighted by atomic mass is 35.5. The van der Waals surface area contributed by atoms with Gasteiger partial charge < -0.3 is 25.8 Å². The summed E-state index contributed by atoms with van der Waals surface area (Å²) in [7, 11) is 0. The highest BCUT2D eigenvalue weighted by Crippen LogP contribution is 2.22. The molecule has 0 spiro atoms. The van der Waals surface area contributed by atoms with E-state index in [9.17, 15) is 9.90 Å². The van der Waals surface area contributed by atoms with Crippen LogP contribution in [0.15, 0.2) is 29.3 Å². The SMILES string of the molecule is CCNC(=NCC(O)c1ccccc1Cl)NCCCNC(=O)OC(C)(C)C. The molecule has 1 amide bonds. The molecule has 0 radical (unpaired) electrons. The number of nitrogens with zero attached hydrogens (tertiary/aromatic N) is 1. The molecule has 0 aliphatic heterocycles. The van der Waals surface area contributed by atoms with Crippen molar-refractivity contribution in [1.82, 2.24) is 16.0 Å². The molecule has 1 aromatic rings. The van der Waals surface area contributed by atoms with Crippen LogP contribution in [-0.4, -0.2) is 48.9 Å². The molecule has 152 valence electrons. The van der Waals surface area contributed by atoms with Gasteiger partial charge in [-0.3, -0.25) is 4.99 Å². The summed E-state index contributed by atoms with van der Waals surface area (Å²) in [5.74, 6) is 0.598. The van der Waals surface area contributed by atoms with Gasteiger partial charge in [-0.15, -0.1) is 0 Å². The Morgan fingerprint density at radius 1 is 1.22 bits per heavy atom. The van der Waals surface area contributed by atoms with Gasteiger partial charge in [-0.05, 0) is 40.2 Å². The standard InChI is InChI=1S/C19H31ClN4O3/c1-5-21-17(22-11-8-12-23-18(26)27-19(2,3)4)24-13-16(25)14-9-6-7-10-15(14)20/h6-7,9-10,16,25H,5,8,11-13H2,1-4H3,(H,23,26)(H2,21,22,24). The molecular formula is C19H31ClN4O3. The lowest BCUT2D eigenvalue weighted by atomic mass is 10.1. The lowest BCUT2D eigenvalue weighted by molar-refractivity contribution is 0.0527.